The molecule has 0 unspecified atom stereocenters. The quantitative estimate of drug-likeness (QED) is 0.428. The molecule has 0 amide bonds. The Kier molecular flexibility index (Phi) is 8.03. The van der Waals surface area contributed by atoms with E-state index in [1.54, 1.807) is 0 Å². The van der Waals surface area contributed by atoms with Gasteiger partial charge >= 0.3 is 0 Å². The molecule has 0 fully saturated rings. The SMILES string of the molecule is C=C(C)Cn1c(CCCCCCCCCCN)nc2ccccc21. The van der Waals surface area contributed by atoms with Crippen molar-refractivity contribution in [1.82, 2.24) is 9.55 Å². The molecule has 3 heteroatoms. The minimum atomic E-state index is 0.838. The molecule has 0 aliphatic rings. The lowest BCUT2D eigenvalue weighted by Gasteiger charge is -2.09. The van der Waals surface area contributed by atoms with Crippen LogP contribution in [0.3, 0.4) is 0 Å². The summed E-state index contributed by atoms with van der Waals surface area (Å²) in [6, 6.07) is 8.42. The summed E-state index contributed by atoms with van der Waals surface area (Å²) >= 11 is 0. The van der Waals surface area contributed by atoms with Crippen molar-refractivity contribution >= 4 is 11.0 Å². The van der Waals surface area contributed by atoms with Gasteiger partial charge in [-0.3, -0.25) is 0 Å². The van der Waals surface area contributed by atoms with Gasteiger partial charge in [0, 0.05) is 13.0 Å². The van der Waals surface area contributed by atoms with E-state index < -0.39 is 0 Å². The summed E-state index contributed by atoms with van der Waals surface area (Å²) in [5, 5.41) is 0. The highest BCUT2D eigenvalue weighted by Crippen LogP contribution is 2.19. The van der Waals surface area contributed by atoms with Crippen LogP contribution in [0.1, 0.15) is 64.1 Å². The highest BCUT2D eigenvalue weighted by Gasteiger charge is 2.09. The van der Waals surface area contributed by atoms with Crippen molar-refractivity contribution in [3.63, 3.8) is 0 Å². The molecular formula is C21H33N3. The van der Waals surface area contributed by atoms with Crippen LogP contribution in [0.5, 0.6) is 0 Å². The van der Waals surface area contributed by atoms with E-state index in [9.17, 15) is 0 Å². The average molecular weight is 328 g/mol. The second-order valence-corrected chi connectivity index (χ2v) is 6.93. The van der Waals surface area contributed by atoms with Gasteiger partial charge < -0.3 is 10.3 Å². The summed E-state index contributed by atoms with van der Waals surface area (Å²) in [6.07, 6.45) is 11.4. The Morgan fingerprint density at radius 1 is 1.00 bits per heavy atom. The lowest BCUT2D eigenvalue weighted by molar-refractivity contribution is 0.563. The Morgan fingerprint density at radius 2 is 1.62 bits per heavy atom. The first-order chi connectivity index (χ1) is 11.7. The number of aryl methyl sites for hydroxylation is 1. The third-order valence-corrected chi connectivity index (χ3v) is 4.52. The number of nitrogens with two attached hydrogens (primary N) is 1. The number of imidazole rings is 1. The molecule has 1 aromatic heterocycles. The maximum Gasteiger partial charge on any atom is 0.110 e. The summed E-state index contributed by atoms with van der Waals surface area (Å²) < 4.78 is 2.34. The van der Waals surface area contributed by atoms with Crippen molar-refractivity contribution in [1.29, 1.82) is 0 Å². The van der Waals surface area contributed by atoms with Crippen LogP contribution in [-0.4, -0.2) is 16.1 Å². The van der Waals surface area contributed by atoms with E-state index >= 15 is 0 Å². The van der Waals surface area contributed by atoms with Crippen LogP contribution < -0.4 is 5.73 Å². The number of hydrogen-bond acceptors (Lipinski definition) is 2. The van der Waals surface area contributed by atoms with Gasteiger partial charge in [0.05, 0.1) is 11.0 Å². The molecule has 1 aromatic carbocycles. The van der Waals surface area contributed by atoms with Crippen molar-refractivity contribution in [3.05, 3.63) is 42.2 Å². The number of allylic oxidation sites excluding steroid dienone is 1. The van der Waals surface area contributed by atoms with E-state index in [1.165, 1.54) is 68.3 Å². The lowest BCUT2D eigenvalue weighted by Crippen LogP contribution is -2.04. The van der Waals surface area contributed by atoms with Crippen molar-refractivity contribution in [2.24, 2.45) is 5.73 Å². The summed E-state index contributed by atoms with van der Waals surface area (Å²) in [5.74, 6) is 1.21. The average Bonchev–Trinajstić information content (AvgIpc) is 2.91. The summed E-state index contributed by atoms with van der Waals surface area (Å²) in [5.41, 5.74) is 9.04. The van der Waals surface area contributed by atoms with Crippen LogP contribution in [0.4, 0.5) is 0 Å². The highest BCUT2D eigenvalue weighted by molar-refractivity contribution is 5.76. The topological polar surface area (TPSA) is 43.8 Å². The van der Waals surface area contributed by atoms with Crippen LogP contribution >= 0.6 is 0 Å². The summed E-state index contributed by atoms with van der Waals surface area (Å²) in [4.78, 5) is 4.84. The van der Waals surface area contributed by atoms with Gasteiger partial charge in [-0.2, -0.15) is 0 Å². The second-order valence-electron chi connectivity index (χ2n) is 6.93. The van der Waals surface area contributed by atoms with E-state index in [-0.39, 0.29) is 0 Å². The third kappa shape index (κ3) is 5.79. The molecule has 0 atom stereocenters. The Morgan fingerprint density at radius 3 is 2.29 bits per heavy atom. The first kappa shape index (κ1) is 18.7. The zero-order valence-corrected chi connectivity index (χ0v) is 15.3. The number of rotatable bonds is 12. The van der Waals surface area contributed by atoms with Gasteiger partial charge in [0.1, 0.15) is 5.82 Å². The van der Waals surface area contributed by atoms with Gasteiger partial charge in [-0.05, 0) is 38.4 Å². The van der Waals surface area contributed by atoms with E-state index in [0.29, 0.717) is 0 Å². The number of fused-ring (bicyclic) bond motifs is 1. The monoisotopic (exact) mass is 327 g/mol. The van der Waals surface area contributed by atoms with Gasteiger partial charge in [0.25, 0.3) is 0 Å². The normalized spacial score (nSPS) is 11.2. The maximum absolute atomic E-state index is 5.52. The molecule has 0 saturated heterocycles. The Hall–Kier alpha value is -1.61. The van der Waals surface area contributed by atoms with Gasteiger partial charge in [-0.25, -0.2) is 4.98 Å². The minimum Gasteiger partial charge on any atom is -0.330 e. The molecule has 0 aliphatic heterocycles. The largest absolute Gasteiger partial charge is 0.330 e. The molecular weight excluding hydrogens is 294 g/mol. The Bertz CT molecular complexity index is 627. The fourth-order valence-electron chi connectivity index (χ4n) is 3.25. The van der Waals surface area contributed by atoms with Crippen LogP contribution in [0, 0.1) is 0 Å². The molecule has 0 bridgehead atoms. The van der Waals surface area contributed by atoms with Crippen LogP contribution in [0.25, 0.3) is 11.0 Å². The number of para-hydroxylation sites is 2. The molecule has 2 N–H and O–H groups in total. The van der Waals surface area contributed by atoms with Crippen LogP contribution in [0.2, 0.25) is 0 Å². The number of nitrogens with zero attached hydrogens (tertiary/aromatic N) is 2. The molecule has 2 rings (SSSR count). The molecule has 0 spiro atoms. The number of benzene rings is 1. The zero-order chi connectivity index (χ0) is 17.2. The van der Waals surface area contributed by atoms with Crippen molar-refractivity contribution in [2.45, 2.75) is 71.3 Å². The van der Waals surface area contributed by atoms with Crippen molar-refractivity contribution in [3.8, 4) is 0 Å². The molecule has 0 aliphatic carbocycles. The molecule has 1 heterocycles. The van der Waals surface area contributed by atoms with Gasteiger partial charge in [0.15, 0.2) is 0 Å². The van der Waals surface area contributed by atoms with Crippen molar-refractivity contribution < 1.29 is 0 Å². The standard InChI is InChI=1S/C21H33N3/c1-18(2)17-24-20-14-11-10-13-19(20)23-21(24)15-9-7-5-3-4-6-8-12-16-22/h10-11,13-14H,1,3-9,12,15-17,22H2,2H3. The molecule has 3 nitrogen and oxygen atoms in total. The zero-order valence-electron chi connectivity index (χ0n) is 15.3. The molecule has 132 valence electrons. The summed E-state index contributed by atoms with van der Waals surface area (Å²) in [7, 11) is 0. The van der Waals surface area contributed by atoms with Crippen molar-refractivity contribution in [2.75, 3.05) is 6.54 Å². The predicted octanol–water partition coefficient (Wildman–Crippen LogP) is 5.23. The lowest BCUT2D eigenvalue weighted by atomic mass is 10.1. The smallest absolute Gasteiger partial charge is 0.110 e. The predicted molar refractivity (Wildman–Crippen MR) is 104 cm³/mol. The fraction of sp³-hybridized carbons (Fsp3) is 0.571. The minimum absolute atomic E-state index is 0.838. The van der Waals surface area contributed by atoms with Gasteiger partial charge in [0.2, 0.25) is 0 Å². The number of hydrogen-bond donors (Lipinski definition) is 1. The summed E-state index contributed by atoms with van der Waals surface area (Å²) in [6.45, 7) is 7.87. The van der Waals surface area contributed by atoms with E-state index in [2.05, 4.69) is 42.3 Å². The highest BCUT2D eigenvalue weighted by atomic mass is 15.1. The number of aromatic nitrogens is 2. The third-order valence-electron chi connectivity index (χ3n) is 4.52. The van der Waals surface area contributed by atoms with E-state index in [1.807, 2.05) is 0 Å². The van der Waals surface area contributed by atoms with Crippen LogP contribution in [-0.2, 0) is 13.0 Å². The van der Waals surface area contributed by atoms with E-state index in [0.717, 1.165) is 25.0 Å². The fourth-order valence-corrected chi connectivity index (χ4v) is 3.25. The first-order valence-corrected chi connectivity index (χ1v) is 9.51. The molecule has 24 heavy (non-hydrogen) atoms. The molecule has 2 aromatic rings. The molecule has 0 saturated carbocycles. The first-order valence-electron chi connectivity index (χ1n) is 9.51. The maximum atomic E-state index is 5.52. The Balaban J connectivity index is 1.79. The van der Waals surface area contributed by atoms with E-state index in [4.69, 9.17) is 10.7 Å². The van der Waals surface area contributed by atoms with Gasteiger partial charge in [-0.15, -0.1) is 0 Å². The van der Waals surface area contributed by atoms with Gasteiger partial charge in [-0.1, -0.05) is 62.8 Å². The number of unbranched alkanes of at least 4 members (excludes halogenated alkanes) is 7. The second kappa shape index (κ2) is 10.3. The molecule has 0 radical (unpaired) electrons. The Labute approximate surface area is 147 Å². The van der Waals surface area contributed by atoms with Crippen LogP contribution in [0.15, 0.2) is 36.4 Å².